The van der Waals surface area contributed by atoms with E-state index in [2.05, 4.69) is 55.7 Å². The van der Waals surface area contributed by atoms with E-state index in [9.17, 15) is 4.79 Å². The summed E-state index contributed by atoms with van der Waals surface area (Å²) in [5.74, 6) is 0.823. The maximum absolute atomic E-state index is 11.7. The van der Waals surface area contributed by atoms with Crippen LogP contribution in [0.1, 0.15) is 36.1 Å². The highest BCUT2D eigenvalue weighted by Crippen LogP contribution is 2.35. The molecule has 1 amide bonds. The van der Waals surface area contributed by atoms with Crippen molar-refractivity contribution in [2.75, 3.05) is 12.0 Å². The van der Waals surface area contributed by atoms with Crippen molar-refractivity contribution in [3.63, 3.8) is 0 Å². The molecule has 6 nitrogen and oxygen atoms in total. The van der Waals surface area contributed by atoms with Crippen LogP contribution in [0.4, 0.5) is 10.5 Å². The molecule has 0 bridgehead atoms. The van der Waals surface area contributed by atoms with Crippen LogP contribution in [0.25, 0.3) is 21.8 Å². The fourth-order valence-corrected chi connectivity index (χ4v) is 3.82. The SMILES string of the molecule is Cc1ccc2nc3cc(C)c(C)cc3c(OCNc3cccc(COC(=O)NC(C)C)c3)c2c1. The molecule has 0 saturated heterocycles. The molecule has 0 radical (unpaired) electrons. The van der Waals surface area contributed by atoms with Gasteiger partial charge in [-0.1, -0.05) is 23.8 Å². The zero-order valence-electron chi connectivity index (χ0n) is 20.4. The highest BCUT2D eigenvalue weighted by Gasteiger charge is 2.13. The van der Waals surface area contributed by atoms with E-state index in [1.54, 1.807) is 0 Å². The number of hydrogen-bond acceptors (Lipinski definition) is 5. The Bertz CT molecular complexity index is 1350. The summed E-state index contributed by atoms with van der Waals surface area (Å²) >= 11 is 0. The highest BCUT2D eigenvalue weighted by molar-refractivity contribution is 6.01. The summed E-state index contributed by atoms with van der Waals surface area (Å²) in [6.45, 7) is 10.5. The van der Waals surface area contributed by atoms with Gasteiger partial charge in [-0.15, -0.1) is 0 Å². The van der Waals surface area contributed by atoms with Crippen LogP contribution < -0.4 is 15.4 Å². The molecule has 4 rings (SSSR count). The number of carbonyl (C=O) groups is 1. The molecule has 1 aromatic heterocycles. The van der Waals surface area contributed by atoms with Crippen molar-refractivity contribution in [2.45, 2.75) is 47.3 Å². The van der Waals surface area contributed by atoms with Gasteiger partial charge in [0.15, 0.2) is 6.73 Å². The Morgan fingerprint density at radius 3 is 2.50 bits per heavy atom. The maximum atomic E-state index is 11.7. The van der Waals surface area contributed by atoms with Gasteiger partial charge in [0.05, 0.1) is 11.0 Å². The summed E-state index contributed by atoms with van der Waals surface area (Å²) in [7, 11) is 0. The number of aryl methyl sites for hydroxylation is 3. The van der Waals surface area contributed by atoms with Crippen LogP contribution in [0.5, 0.6) is 5.75 Å². The third-order valence-electron chi connectivity index (χ3n) is 5.69. The second-order valence-corrected chi connectivity index (χ2v) is 8.96. The summed E-state index contributed by atoms with van der Waals surface area (Å²) in [5.41, 5.74) is 7.18. The van der Waals surface area contributed by atoms with Gasteiger partial charge in [0.1, 0.15) is 12.4 Å². The topological polar surface area (TPSA) is 72.5 Å². The number of anilines is 1. The average molecular weight is 458 g/mol. The van der Waals surface area contributed by atoms with E-state index in [4.69, 9.17) is 14.5 Å². The lowest BCUT2D eigenvalue weighted by molar-refractivity contribution is 0.137. The number of aromatic nitrogens is 1. The molecular formula is C28H31N3O3. The van der Waals surface area contributed by atoms with Crippen LogP contribution in [-0.4, -0.2) is 23.8 Å². The first-order valence-corrected chi connectivity index (χ1v) is 11.5. The van der Waals surface area contributed by atoms with Gasteiger partial charge in [0.25, 0.3) is 0 Å². The largest absolute Gasteiger partial charge is 0.472 e. The number of amides is 1. The molecule has 0 unspecified atom stereocenters. The summed E-state index contributed by atoms with van der Waals surface area (Å²) in [6.07, 6.45) is -0.422. The normalized spacial score (nSPS) is 11.1. The van der Waals surface area contributed by atoms with E-state index in [1.165, 1.54) is 11.1 Å². The third kappa shape index (κ3) is 5.39. The molecule has 0 fully saturated rings. The van der Waals surface area contributed by atoms with Gasteiger partial charge < -0.3 is 20.1 Å². The Morgan fingerprint density at radius 2 is 1.71 bits per heavy atom. The minimum absolute atomic E-state index is 0.0366. The lowest BCUT2D eigenvalue weighted by Gasteiger charge is -2.16. The number of ether oxygens (including phenoxy) is 2. The molecule has 3 aromatic carbocycles. The molecule has 176 valence electrons. The van der Waals surface area contributed by atoms with Gasteiger partial charge in [-0.3, -0.25) is 0 Å². The molecule has 0 aliphatic carbocycles. The van der Waals surface area contributed by atoms with Gasteiger partial charge in [-0.25, -0.2) is 9.78 Å². The second kappa shape index (κ2) is 10.00. The van der Waals surface area contributed by atoms with Crippen LogP contribution in [0.3, 0.4) is 0 Å². The standard InChI is InChI=1S/C28H31N3O3/c1-17(2)30-28(32)33-15-21-7-6-8-22(14-21)29-16-34-27-23-11-18(3)9-10-25(23)31-26-13-20(5)19(4)12-24(26)27/h6-14,17,29H,15-16H2,1-5H3,(H,30,32). The van der Waals surface area contributed by atoms with E-state index in [1.807, 2.05) is 44.2 Å². The Hall–Kier alpha value is -3.80. The van der Waals surface area contributed by atoms with E-state index in [-0.39, 0.29) is 19.4 Å². The highest BCUT2D eigenvalue weighted by atomic mass is 16.5. The molecule has 0 spiro atoms. The van der Waals surface area contributed by atoms with E-state index in [0.29, 0.717) is 0 Å². The second-order valence-electron chi connectivity index (χ2n) is 8.96. The Morgan fingerprint density at radius 1 is 0.941 bits per heavy atom. The molecule has 0 saturated carbocycles. The Labute approximate surface area is 200 Å². The lowest BCUT2D eigenvalue weighted by Crippen LogP contribution is -2.30. The van der Waals surface area contributed by atoms with Crippen LogP contribution in [0, 0.1) is 20.8 Å². The third-order valence-corrected chi connectivity index (χ3v) is 5.69. The Kier molecular flexibility index (Phi) is 6.87. The van der Waals surface area contributed by atoms with Gasteiger partial charge >= 0.3 is 6.09 Å². The first-order chi connectivity index (χ1) is 16.3. The summed E-state index contributed by atoms with van der Waals surface area (Å²) in [4.78, 5) is 16.6. The molecule has 0 aliphatic heterocycles. The first-order valence-electron chi connectivity index (χ1n) is 11.5. The number of alkyl carbamates (subject to hydrolysis) is 1. The molecule has 34 heavy (non-hydrogen) atoms. The number of rotatable bonds is 7. The molecule has 6 heteroatoms. The smallest absolute Gasteiger partial charge is 0.407 e. The fraction of sp³-hybridized carbons (Fsp3) is 0.286. The van der Waals surface area contributed by atoms with Crippen molar-refractivity contribution >= 4 is 33.6 Å². The van der Waals surface area contributed by atoms with Crippen molar-refractivity contribution in [3.05, 3.63) is 76.9 Å². The minimum Gasteiger partial charge on any atom is -0.472 e. The van der Waals surface area contributed by atoms with E-state index in [0.717, 1.165) is 44.4 Å². The van der Waals surface area contributed by atoms with Gasteiger partial charge in [-0.2, -0.15) is 0 Å². The van der Waals surface area contributed by atoms with Crippen molar-refractivity contribution in [2.24, 2.45) is 0 Å². The average Bonchev–Trinajstić information content (AvgIpc) is 2.79. The van der Waals surface area contributed by atoms with Crippen LogP contribution >= 0.6 is 0 Å². The van der Waals surface area contributed by atoms with Crippen LogP contribution in [-0.2, 0) is 11.3 Å². The Balaban J connectivity index is 1.53. The predicted octanol–water partition coefficient (Wildman–Crippen LogP) is 6.40. The molecule has 0 atom stereocenters. The summed E-state index contributed by atoms with van der Waals surface area (Å²) in [6, 6.07) is 18.3. The number of pyridine rings is 1. The molecule has 2 N–H and O–H groups in total. The molecule has 0 aliphatic rings. The van der Waals surface area contributed by atoms with Crippen molar-refractivity contribution in [1.29, 1.82) is 0 Å². The van der Waals surface area contributed by atoms with Crippen molar-refractivity contribution in [1.82, 2.24) is 10.3 Å². The number of fused-ring (bicyclic) bond motifs is 2. The fourth-order valence-electron chi connectivity index (χ4n) is 3.82. The van der Waals surface area contributed by atoms with Crippen LogP contribution in [0.2, 0.25) is 0 Å². The zero-order valence-corrected chi connectivity index (χ0v) is 20.4. The zero-order chi connectivity index (χ0) is 24.2. The van der Waals surface area contributed by atoms with Crippen molar-refractivity contribution in [3.8, 4) is 5.75 Å². The quantitative estimate of drug-likeness (QED) is 0.248. The van der Waals surface area contributed by atoms with E-state index >= 15 is 0 Å². The van der Waals surface area contributed by atoms with Crippen LogP contribution in [0.15, 0.2) is 54.6 Å². The van der Waals surface area contributed by atoms with Gasteiger partial charge in [0.2, 0.25) is 0 Å². The first kappa shape index (κ1) is 23.4. The number of nitrogens with zero attached hydrogens (tertiary/aromatic N) is 1. The number of carbonyl (C=O) groups excluding carboxylic acids is 1. The molecule has 1 heterocycles. The van der Waals surface area contributed by atoms with Gasteiger partial charge in [-0.05, 0) is 87.7 Å². The maximum Gasteiger partial charge on any atom is 0.407 e. The minimum atomic E-state index is -0.422. The summed E-state index contributed by atoms with van der Waals surface area (Å²) in [5, 5.41) is 8.04. The monoisotopic (exact) mass is 457 g/mol. The predicted molar refractivity (Wildman–Crippen MR) is 137 cm³/mol. The summed E-state index contributed by atoms with van der Waals surface area (Å²) < 4.78 is 11.6. The number of nitrogens with one attached hydrogen (secondary N) is 2. The lowest BCUT2D eigenvalue weighted by atomic mass is 10.0. The number of hydrogen-bond donors (Lipinski definition) is 2. The van der Waals surface area contributed by atoms with Gasteiger partial charge in [0, 0.05) is 22.5 Å². The number of benzene rings is 3. The molecular weight excluding hydrogens is 426 g/mol. The van der Waals surface area contributed by atoms with Crippen molar-refractivity contribution < 1.29 is 14.3 Å². The van der Waals surface area contributed by atoms with E-state index < -0.39 is 6.09 Å². The molecule has 4 aromatic rings.